The summed E-state index contributed by atoms with van der Waals surface area (Å²) < 4.78 is 0. The summed E-state index contributed by atoms with van der Waals surface area (Å²) >= 11 is 0. The van der Waals surface area contributed by atoms with E-state index in [1.165, 1.54) is 6.07 Å². The van der Waals surface area contributed by atoms with Gasteiger partial charge in [0.15, 0.2) is 0 Å². The fourth-order valence-electron chi connectivity index (χ4n) is 2.30. The number of pyridine rings is 1. The molecule has 0 atom stereocenters. The zero-order chi connectivity index (χ0) is 14.8. The van der Waals surface area contributed by atoms with Crippen molar-refractivity contribution in [3.63, 3.8) is 0 Å². The molecular weight excluding hydrogens is 260 g/mol. The maximum atomic E-state index is 11.1. The molecule has 1 aromatic heterocycles. The number of aliphatic hydroxyl groups is 1. The summed E-state index contributed by atoms with van der Waals surface area (Å²) in [6.07, 6.45) is 1.16. The van der Waals surface area contributed by atoms with Gasteiger partial charge >= 0.3 is 5.69 Å². The van der Waals surface area contributed by atoms with Crippen molar-refractivity contribution in [2.45, 2.75) is 32.3 Å². The van der Waals surface area contributed by atoms with Gasteiger partial charge in [-0.1, -0.05) is 0 Å². The molecule has 0 aromatic carbocycles. The molecule has 1 saturated heterocycles. The summed E-state index contributed by atoms with van der Waals surface area (Å²) in [5.74, 6) is 1.01. The van der Waals surface area contributed by atoms with Gasteiger partial charge in [0.05, 0.1) is 10.5 Å². The summed E-state index contributed by atoms with van der Waals surface area (Å²) in [7, 11) is 0. The minimum atomic E-state index is -0.690. The lowest BCUT2D eigenvalue weighted by molar-refractivity contribution is -0.384. The molecule has 2 N–H and O–H groups in total. The third kappa shape index (κ3) is 3.16. The molecular formula is C13H20N4O3. The van der Waals surface area contributed by atoms with Crippen LogP contribution in [0.15, 0.2) is 12.1 Å². The van der Waals surface area contributed by atoms with Gasteiger partial charge in [-0.15, -0.1) is 0 Å². The van der Waals surface area contributed by atoms with Gasteiger partial charge in [0.1, 0.15) is 5.82 Å². The Hall–Kier alpha value is -1.89. The molecule has 2 heterocycles. The fourth-order valence-corrected chi connectivity index (χ4v) is 2.30. The van der Waals surface area contributed by atoms with E-state index in [-0.39, 0.29) is 5.69 Å². The van der Waals surface area contributed by atoms with Crippen molar-refractivity contribution in [2.24, 2.45) is 0 Å². The highest BCUT2D eigenvalue weighted by atomic mass is 16.6. The number of piperidine rings is 1. The summed E-state index contributed by atoms with van der Waals surface area (Å²) in [5, 5.41) is 24.2. The van der Waals surface area contributed by atoms with Gasteiger partial charge in [-0.3, -0.25) is 10.1 Å². The molecule has 7 nitrogen and oxygen atoms in total. The van der Waals surface area contributed by atoms with Crippen molar-refractivity contribution >= 4 is 17.3 Å². The van der Waals surface area contributed by atoms with Crippen LogP contribution in [0.2, 0.25) is 0 Å². The summed E-state index contributed by atoms with van der Waals surface area (Å²) in [6, 6.07) is 3.10. The maximum absolute atomic E-state index is 11.1. The lowest BCUT2D eigenvalue weighted by Crippen LogP contribution is -2.43. The van der Waals surface area contributed by atoms with Crippen LogP contribution in [0.3, 0.4) is 0 Å². The van der Waals surface area contributed by atoms with Crippen molar-refractivity contribution in [3.8, 4) is 0 Å². The highest BCUT2D eigenvalue weighted by molar-refractivity contribution is 5.62. The molecule has 0 amide bonds. The Kier molecular flexibility index (Phi) is 4.08. The van der Waals surface area contributed by atoms with Crippen LogP contribution >= 0.6 is 0 Å². The number of rotatable bonds is 4. The first kappa shape index (κ1) is 14.5. The highest BCUT2D eigenvalue weighted by Crippen LogP contribution is 2.32. The number of nitro groups is 1. The zero-order valence-electron chi connectivity index (χ0n) is 11.8. The molecule has 0 unspecified atom stereocenters. The van der Waals surface area contributed by atoms with Crippen molar-refractivity contribution in [2.75, 3.05) is 29.9 Å². The molecule has 0 bridgehead atoms. The summed E-state index contributed by atoms with van der Waals surface area (Å²) in [6.45, 7) is 5.58. The van der Waals surface area contributed by atoms with E-state index in [1.54, 1.807) is 13.0 Å². The SMILES string of the molecule is CCNc1ccc([N+](=O)[O-])c(N2CCC(C)(O)CC2)n1. The molecule has 20 heavy (non-hydrogen) atoms. The van der Waals surface area contributed by atoms with E-state index in [0.29, 0.717) is 44.1 Å². The average molecular weight is 280 g/mol. The van der Waals surface area contributed by atoms with Gasteiger partial charge in [-0.25, -0.2) is 4.98 Å². The van der Waals surface area contributed by atoms with Gasteiger partial charge < -0.3 is 15.3 Å². The van der Waals surface area contributed by atoms with E-state index in [9.17, 15) is 15.2 Å². The monoisotopic (exact) mass is 280 g/mol. The minimum absolute atomic E-state index is 0.00759. The molecule has 2 rings (SSSR count). The van der Waals surface area contributed by atoms with Gasteiger partial charge in [0.25, 0.3) is 0 Å². The first-order valence-corrected chi connectivity index (χ1v) is 6.79. The first-order valence-electron chi connectivity index (χ1n) is 6.79. The molecule has 110 valence electrons. The Balaban J connectivity index is 2.28. The van der Waals surface area contributed by atoms with Crippen molar-refractivity contribution in [1.82, 2.24) is 4.98 Å². The molecule has 7 heteroatoms. The molecule has 0 saturated carbocycles. The Morgan fingerprint density at radius 2 is 2.15 bits per heavy atom. The first-order chi connectivity index (χ1) is 9.43. The Labute approximate surface area is 117 Å². The molecule has 0 spiro atoms. The van der Waals surface area contributed by atoms with Crippen LogP contribution < -0.4 is 10.2 Å². The van der Waals surface area contributed by atoms with Crippen molar-refractivity contribution < 1.29 is 10.0 Å². The maximum Gasteiger partial charge on any atom is 0.311 e. The van der Waals surface area contributed by atoms with E-state index in [4.69, 9.17) is 0 Å². The van der Waals surface area contributed by atoms with Crippen LogP contribution in [0.1, 0.15) is 26.7 Å². The second-order valence-corrected chi connectivity index (χ2v) is 5.31. The van der Waals surface area contributed by atoms with Crippen LogP contribution in [-0.2, 0) is 0 Å². The van der Waals surface area contributed by atoms with Crippen LogP contribution in [0.4, 0.5) is 17.3 Å². The molecule has 1 aliphatic heterocycles. The molecule has 1 fully saturated rings. The standard InChI is InChI=1S/C13H20N4O3/c1-3-14-11-5-4-10(17(19)20)12(15-11)16-8-6-13(2,18)7-9-16/h4-5,18H,3,6-9H2,1-2H3,(H,14,15). The molecule has 1 aromatic rings. The smallest absolute Gasteiger partial charge is 0.311 e. The number of nitrogens with zero attached hydrogens (tertiary/aromatic N) is 3. The lowest BCUT2D eigenvalue weighted by atomic mass is 9.94. The van der Waals surface area contributed by atoms with Gasteiger partial charge in [0.2, 0.25) is 5.82 Å². The minimum Gasteiger partial charge on any atom is -0.390 e. The zero-order valence-corrected chi connectivity index (χ0v) is 11.8. The van der Waals surface area contributed by atoms with E-state index in [0.717, 1.165) is 0 Å². The van der Waals surface area contributed by atoms with Crippen LogP contribution in [-0.4, -0.2) is 40.2 Å². The number of aromatic nitrogens is 1. The molecule has 0 aliphatic carbocycles. The van der Waals surface area contributed by atoms with E-state index in [1.807, 2.05) is 11.8 Å². The lowest BCUT2D eigenvalue weighted by Gasteiger charge is -2.36. The van der Waals surface area contributed by atoms with Crippen LogP contribution in [0.25, 0.3) is 0 Å². The fraction of sp³-hybridized carbons (Fsp3) is 0.615. The largest absolute Gasteiger partial charge is 0.390 e. The van der Waals surface area contributed by atoms with Crippen molar-refractivity contribution in [1.29, 1.82) is 0 Å². The normalized spacial score (nSPS) is 17.9. The Morgan fingerprint density at radius 1 is 1.50 bits per heavy atom. The highest BCUT2D eigenvalue weighted by Gasteiger charge is 2.31. The predicted molar refractivity (Wildman–Crippen MR) is 77.1 cm³/mol. The predicted octanol–water partition coefficient (Wildman–Crippen LogP) is 1.77. The molecule has 1 aliphatic rings. The third-order valence-corrected chi connectivity index (χ3v) is 3.55. The third-order valence-electron chi connectivity index (χ3n) is 3.55. The van der Waals surface area contributed by atoms with Gasteiger partial charge in [0, 0.05) is 25.7 Å². The van der Waals surface area contributed by atoms with Gasteiger partial charge in [-0.2, -0.15) is 0 Å². The van der Waals surface area contributed by atoms with Crippen molar-refractivity contribution in [3.05, 3.63) is 22.2 Å². The summed E-state index contributed by atoms with van der Waals surface area (Å²) in [5.41, 5.74) is -0.682. The second-order valence-electron chi connectivity index (χ2n) is 5.31. The Morgan fingerprint density at radius 3 is 2.70 bits per heavy atom. The van der Waals surface area contributed by atoms with Crippen LogP contribution in [0.5, 0.6) is 0 Å². The van der Waals surface area contributed by atoms with E-state index < -0.39 is 10.5 Å². The quantitative estimate of drug-likeness (QED) is 0.645. The molecule has 0 radical (unpaired) electrons. The number of anilines is 2. The van der Waals surface area contributed by atoms with Crippen LogP contribution in [0, 0.1) is 10.1 Å². The second kappa shape index (κ2) is 5.62. The number of hydrogen-bond donors (Lipinski definition) is 2. The van der Waals surface area contributed by atoms with E-state index in [2.05, 4.69) is 10.3 Å². The topological polar surface area (TPSA) is 91.5 Å². The average Bonchev–Trinajstić information content (AvgIpc) is 2.38. The van der Waals surface area contributed by atoms with E-state index >= 15 is 0 Å². The number of nitrogens with one attached hydrogen (secondary N) is 1. The number of hydrogen-bond acceptors (Lipinski definition) is 6. The Bertz CT molecular complexity index is 494. The summed E-state index contributed by atoms with van der Waals surface area (Å²) in [4.78, 5) is 16.9. The van der Waals surface area contributed by atoms with Gasteiger partial charge in [-0.05, 0) is 32.8 Å².